The number of nitrogens with zero attached hydrogens (tertiary/aromatic N) is 1. The van der Waals surface area contributed by atoms with Crippen molar-refractivity contribution in [2.45, 2.75) is 32.2 Å². The van der Waals surface area contributed by atoms with E-state index < -0.39 is 0 Å². The quantitative estimate of drug-likeness (QED) is 0.781. The van der Waals surface area contributed by atoms with Gasteiger partial charge < -0.3 is 9.64 Å². The molecule has 102 valence electrons. The van der Waals surface area contributed by atoms with Gasteiger partial charge in [-0.3, -0.25) is 4.79 Å². The van der Waals surface area contributed by atoms with Gasteiger partial charge in [-0.05, 0) is 50.0 Å². The molecular weight excluding hydrogens is 238 g/mol. The highest BCUT2D eigenvalue weighted by Crippen LogP contribution is 2.17. The van der Waals surface area contributed by atoms with Gasteiger partial charge in [0.2, 0.25) is 5.91 Å². The maximum absolute atomic E-state index is 12.1. The van der Waals surface area contributed by atoms with E-state index in [2.05, 4.69) is 6.92 Å². The monoisotopic (exact) mass is 259 g/mol. The average molecular weight is 259 g/mol. The summed E-state index contributed by atoms with van der Waals surface area (Å²) < 4.78 is 5.10. The third-order valence-electron chi connectivity index (χ3n) is 3.62. The van der Waals surface area contributed by atoms with Crippen molar-refractivity contribution < 1.29 is 9.53 Å². The lowest BCUT2D eigenvalue weighted by Gasteiger charge is -2.32. The van der Waals surface area contributed by atoms with Crippen LogP contribution in [-0.4, -0.2) is 30.5 Å². The van der Waals surface area contributed by atoms with Crippen LogP contribution in [0.4, 0.5) is 0 Å². The molecule has 1 aliphatic heterocycles. The molecule has 0 N–H and O–H groups in total. The Labute approximate surface area is 114 Å². The van der Waals surface area contributed by atoms with Gasteiger partial charge in [-0.1, -0.05) is 12.1 Å². The number of carbonyl (C=O) groups excluding carboxylic acids is 1. The van der Waals surface area contributed by atoms with Crippen LogP contribution in [0.1, 0.15) is 31.7 Å². The first-order valence-corrected chi connectivity index (χ1v) is 6.83. The molecule has 1 unspecified atom stereocenters. The summed E-state index contributed by atoms with van der Waals surface area (Å²) in [5.74, 6) is 0.941. The number of ether oxygens (including phenoxy) is 1. The summed E-state index contributed by atoms with van der Waals surface area (Å²) in [7, 11) is 1.64. The Balaban J connectivity index is 1.98. The molecule has 0 aliphatic carbocycles. The van der Waals surface area contributed by atoms with Crippen LogP contribution >= 0.6 is 0 Å². The molecule has 1 aromatic rings. The van der Waals surface area contributed by atoms with Gasteiger partial charge in [-0.2, -0.15) is 0 Å². The van der Waals surface area contributed by atoms with Crippen LogP contribution in [-0.2, 0) is 4.79 Å². The second kappa shape index (κ2) is 6.41. The molecule has 0 saturated carbocycles. The molecule has 0 bridgehead atoms. The van der Waals surface area contributed by atoms with Crippen LogP contribution in [0, 0.1) is 0 Å². The largest absolute Gasteiger partial charge is 0.497 e. The van der Waals surface area contributed by atoms with E-state index in [-0.39, 0.29) is 5.91 Å². The molecule has 1 heterocycles. The third-order valence-corrected chi connectivity index (χ3v) is 3.62. The van der Waals surface area contributed by atoms with E-state index in [1.165, 1.54) is 6.42 Å². The first kappa shape index (κ1) is 13.7. The number of carbonyl (C=O) groups is 1. The summed E-state index contributed by atoms with van der Waals surface area (Å²) in [6, 6.07) is 8.05. The summed E-state index contributed by atoms with van der Waals surface area (Å²) in [5.41, 5.74) is 1.01. The van der Waals surface area contributed by atoms with Crippen LogP contribution < -0.4 is 4.74 Å². The first-order valence-electron chi connectivity index (χ1n) is 6.83. The summed E-state index contributed by atoms with van der Waals surface area (Å²) in [6.07, 6.45) is 6.99. The van der Waals surface area contributed by atoms with Gasteiger partial charge in [0.1, 0.15) is 5.75 Å². The molecule has 1 atom stereocenters. The van der Waals surface area contributed by atoms with Crippen molar-refractivity contribution in [2.75, 3.05) is 13.7 Å². The number of piperidine rings is 1. The predicted molar refractivity (Wildman–Crippen MR) is 77.1 cm³/mol. The second-order valence-electron chi connectivity index (χ2n) is 4.98. The lowest BCUT2D eigenvalue weighted by molar-refractivity contribution is -0.129. The van der Waals surface area contributed by atoms with E-state index >= 15 is 0 Å². The van der Waals surface area contributed by atoms with Gasteiger partial charge in [0, 0.05) is 18.7 Å². The molecular formula is C16H21NO2. The Bertz CT molecular complexity index is 450. The van der Waals surface area contributed by atoms with Crippen molar-refractivity contribution in [3.63, 3.8) is 0 Å². The van der Waals surface area contributed by atoms with E-state index in [1.54, 1.807) is 13.2 Å². The second-order valence-corrected chi connectivity index (χ2v) is 4.98. The van der Waals surface area contributed by atoms with Crippen molar-refractivity contribution in [3.8, 4) is 5.75 Å². The summed E-state index contributed by atoms with van der Waals surface area (Å²) in [4.78, 5) is 14.1. The number of amides is 1. The first-order chi connectivity index (χ1) is 9.20. The highest BCUT2D eigenvalue weighted by molar-refractivity contribution is 5.92. The van der Waals surface area contributed by atoms with Crippen molar-refractivity contribution in [1.82, 2.24) is 4.90 Å². The van der Waals surface area contributed by atoms with Crippen molar-refractivity contribution in [1.29, 1.82) is 0 Å². The van der Waals surface area contributed by atoms with Gasteiger partial charge in [0.05, 0.1) is 7.11 Å². The minimum atomic E-state index is 0.114. The lowest BCUT2D eigenvalue weighted by atomic mass is 10.0. The van der Waals surface area contributed by atoms with Gasteiger partial charge in [0.15, 0.2) is 0 Å². The smallest absolute Gasteiger partial charge is 0.246 e. The predicted octanol–water partition coefficient (Wildman–Crippen LogP) is 3.11. The maximum Gasteiger partial charge on any atom is 0.246 e. The Hall–Kier alpha value is -1.77. The van der Waals surface area contributed by atoms with Crippen LogP contribution in [0.5, 0.6) is 5.75 Å². The van der Waals surface area contributed by atoms with Gasteiger partial charge in [-0.15, -0.1) is 0 Å². The highest BCUT2D eigenvalue weighted by atomic mass is 16.5. The van der Waals surface area contributed by atoms with Crippen LogP contribution in [0.15, 0.2) is 30.3 Å². The Morgan fingerprint density at radius 1 is 1.32 bits per heavy atom. The van der Waals surface area contributed by atoms with E-state index in [9.17, 15) is 4.79 Å². The SMILES string of the molecule is COc1ccc(/C=C/C(=O)N2CCCCC2C)cc1. The molecule has 0 aromatic heterocycles. The minimum Gasteiger partial charge on any atom is -0.497 e. The lowest BCUT2D eigenvalue weighted by Crippen LogP contribution is -2.41. The molecule has 1 fully saturated rings. The fourth-order valence-electron chi connectivity index (χ4n) is 2.40. The Morgan fingerprint density at radius 2 is 2.05 bits per heavy atom. The molecule has 0 radical (unpaired) electrons. The summed E-state index contributed by atoms with van der Waals surface area (Å²) in [5, 5.41) is 0. The number of rotatable bonds is 3. The van der Waals surface area contributed by atoms with Crippen LogP contribution in [0.2, 0.25) is 0 Å². The van der Waals surface area contributed by atoms with Crippen molar-refractivity contribution in [3.05, 3.63) is 35.9 Å². The van der Waals surface area contributed by atoms with E-state index in [1.807, 2.05) is 35.2 Å². The topological polar surface area (TPSA) is 29.5 Å². The number of hydrogen-bond donors (Lipinski definition) is 0. The molecule has 0 spiro atoms. The molecule has 1 aliphatic rings. The molecule has 1 saturated heterocycles. The zero-order valence-electron chi connectivity index (χ0n) is 11.6. The minimum absolute atomic E-state index is 0.114. The number of benzene rings is 1. The normalized spacial score (nSPS) is 19.7. The number of methoxy groups -OCH3 is 1. The molecule has 3 nitrogen and oxygen atoms in total. The molecule has 19 heavy (non-hydrogen) atoms. The number of likely N-dealkylation sites (tertiary alicyclic amines) is 1. The van der Waals surface area contributed by atoms with Gasteiger partial charge in [0.25, 0.3) is 0 Å². The third kappa shape index (κ3) is 3.60. The average Bonchev–Trinajstić information content (AvgIpc) is 2.46. The van der Waals surface area contributed by atoms with Gasteiger partial charge >= 0.3 is 0 Å². The summed E-state index contributed by atoms with van der Waals surface area (Å²) in [6.45, 7) is 3.01. The molecule has 2 rings (SSSR count). The molecule has 3 heteroatoms. The molecule has 1 amide bonds. The van der Waals surface area contributed by atoms with Crippen LogP contribution in [0.3, 0.4) is 0 Å². The Morgan fingerprint density at radius 3 is 2.68 bits per heavy atom. The van der Waals surface area contributed by atoms with E-state index in [0.717, 1.165) is 30.7 Å². The maximum atomic E-state index is 12.1. The fourth-order valence-corrected chi connectivity index (χ4v) is 2.40. The fraction of sp³-hybridized carbons (Fsp3) is 0.438. The van der Waals surface area contributed by atoms with E-state index in [0.29, 0.717) is 6.04 Å². The summed E-state index contributed by atoms with van der Waals surface area (Å²) >= 11 is 0. The van der Waals surface area contributed by atoms with Crippen molar-refractivity contribution in [2.24, 2.45) is 0 Å². The number of hydrogen-bond acceptors (Lipinski definition) is 2. The van der Waals surface area contributed by atoms with E-state index in [4.69, 9.17) is 4.74 Å². The Kier molecular flexibility index (Phi) is 4.61. The van der Waals surface area contributed by atoms with Crippen molar-refractivity contribution >= 4 is 12.0 Å². The zero-order valence-corrected chi connectivity index (χ0v) is 11.6. The highest BCUT2D eigenvalue weighted by Gasteiger charge is 2.20. The molecule has 1 aromatic carbocycles. The van der Waals surface area contributed by atoms with Crippen LogP contribution in [0.25, 0.3) is 6.08 Å². The van der Waals surface area contributed by atoms with Gasteiger partial charge in [-0.25, -0.2) is 0 Å². The zero-order chi connectivity index (χ0) is 13.7. The standard InChI is InChI=1S/C16H21NO2/c1-13-5-3-4-12-17(13)16(18)11-8-14-6-9-15(19-2)10-7-14/h6-11,13H,3-5,12H2,1-2H3/b11-8+.